The molecule has 0 amide bonds. The third-order valence-electron chi connectivity index (χ3n) is 13.8. The number of ether oxygens (including phenoxy) is 1. The van der Waals surface area contributed by atoms with Crippen molar-refractivity contribution in [3.8, 4) is 0 Å². The van der Waals surface area contributed by atoms with E-state index in [0.717, 1.165) is 44.1 Å². The summed E-state index contributed by atoms with van der Waals surface area (Å²) in [5.41, 5.74) is -7.39. The highest BCUT2D eigenvalue weighted by Crippen LogP contribution is 2.75. The van der Waals surface area contributed by atoms with E-state index in [0.29, 0.717) is 25.9 Å². The zero-order valence-electron chi connectivity index (χ0n) is 28.2. The van der Waals surface area contributed by atoms with Crippen LogP contribution in [0.25, 0.3) is 0 Å². The largest absolute Gasteiger partial charge is 0.534 e. The third kappa shape index (κ3) is 4.95. The van der Waals surface area contributed by atoms with Gasteiger partial charge >= 0.3 is 21.6 Å². The van der Waals surface area contributed by atoms with Crippen LogP contribution in [-0.4, -0.2) is 32.3 Å². The maximum atomic E-state index is 14.5. The molecule has 0 aliphatic heterocycles. The number of ketones is 1. The summed E-state index contributed by atoms with van der Waals surface area (Å²) >= 11 is 0. The van der Waals surface area contributed by atoms with Crippen LogP contribution in [0.1, 0.15) is 120 Å². The summed E-state index contributed by atoms with van der Waals surface area (Å²) in [7, 11) is -5.82. The van der Waals surface area contributed by atoms with Gasteiger partial charge in [-0.1, -0.05) is 60.5 Å². The Bertz CT molecular complexity index is 1430. The first-order valence-electron chi connectivity index (χ1n) is 16.7. The molecule has 0 spiro atoms. The Labute approximate surface area is 267 Å². The number of unbranched alkanes of at least 4 members (excludes halogenated alkanes) is 1. The van der Waals surface area contributed by atoms with Crippen LogP contribution >= 0.6 is 0 Å². The molecule has 5 rings (SSSR count). The van der Waals surface area contributed by atoms with Crippen molar-refractivity contribution in [2.45, 2.75) is 125 Å². The number of allylic oxidation sites excluding steroid dienone is 4. The van der Waals surface area contributed by atoms with E-state index in [1.165, 1.54) is 6.08 Å². The molecule has 0 heterocycles. The number of carbonyl (C=O) groups is 2. The van der Waals surface area contributed by atoms with E-state index in [-0.39, 0.29) is 46.6 Å². The fraction of sp³-hybridized carbons (Fsp3) is 0.829. The van der Waals surface area contributed by atoms with E-state index in [9.17, 15) is 31.2 Å². The molecule has 45 heavy (non-hydrogen) atoms. The summed E-state index contributed by atoms with van der Waals surface area (Å²) < 4.78 is 74.3. The molecule has 0 N–H and O–H groups in total. The molecule has 0 aromatic rings. The molecule has 0 saturated heterocycles. The SMILES string of the molecule is CCCCOC(=O)[C@@]1(C)CC[C@]2(C)CC[C@]3(C)C(=CC(=O)[C@@H]4[C@@]5(C)CC=C(OS(=O)(=O)C(F)(F)F)C(C)(C)[C@@H]5CC[C@]43C)[C@@H]2C1. The summed E-state index contributed by atoms with van der Waals surface area (Å²) in [6.07, 6.45) is 10.9. The van der Waals surface area contributed by atoms with Gasteiger partial charge in [0.05, 0.1) is 12.0 Å². The van der Waals surface area contributed by atoms with E-state index < -0.39 is 43.2 Å². The minimum atomic E-state index is -5.82. The number of carbonyl (C=O) groups excluding carboxylic acids is 2. The number of rotatable bonds is 6. The van der Waals surface area contributed by atoms with Crippen LogP contribution in [0.3, 0.4) is 0 Å². The number of esters is 1. The quantitative estimate of drug-likeness (QED) is 0.123. The van der Waals surface area contributed by atoms with Gasteiger partial charge in [-0.3, -0.25) is 9.59 Å². The zero-order chi connectivity index (χ0) is 33.6. The lowest BCUT2D eigenvalue weighted by molar-refractivity contribution is -0.178. The van der Waals surface area contributed by atoms with Crippen molar-refractivity contribution >= 4 is 21.9 Å². The van der Waals surface area contributed by atoms with Gasteiger partial charge in [-0.2, -0.15) is 21.6 Å². The van der Waals surface area contributed by atoms with Gasteiger partial charge < -0.3 is 8.92 Å². The Balaban J connectivity index is 1.52. The Morgan fingerprint density at radius 2 is 1.64 bits per heavy atom. The van der Waals surface area contributed by atoms with Gasteiger partial charge in [0, 0.05) is 11.3 Å². The van der Waals surface area contributed by atoms with E-state index in [4.69, 9.17) is 8.92 Å². The van der Waals surface area contributed by atoms with Gasteiger partial charge in [0.2, 0.25) is 0 Å². The summed E-state index contributed by atoms with van der Waals surface area (Å²) in [4.78, 5) is 27.9. The molecule has 8 atom stereocenters. The second-order valence-corrected chi connectivity index (χ2v) is 18.3. The van der Waals surface area contributed by atoms with Gasteiger partial charge in [0.25, 0.3) is 0 Å². The van der Waals surface area contributed by atoms with E-state index in [2.05, 4.69) is 34.6 Å². The zero-order valence-corrected chi connectivity index (χ0v) is 29.0. The Morgan fingerprint density at radius 1 is 1.00 bits per heavy atom. The molecular formula is C35H51F3O6S. The van der Waals surface area contributed by atoms with Crippen molar-refractivity contribution in [3.63, 3.8) is 0 Å². The summed E-state index contributed by atoms with van der Waals surface area (Å²) in [6.45, 7) is 16.9. The highest BCUT2D eigenvalue weighted by atomic mass is 32.2. The van der Waals surface area contributed by atoms with Crippen LogP contribution in [0, 0.1) is 50.2 Å². The van der Waals surface area contributed by atoms with Gasteiger partial charge in [-0.25, -0.2) is 0 Å². The summed E-state index contributed by atoms with van der Waals surface area (Å²) in [5.74, 6) is -0.901. The first-order valence-corrected chi connectivity index (χ1v) is 18.1. The number of alkyl halides is 3. The Kier molecular flexibility index (Phi) is 8.11. The van der Waals surface area contributed by atoms with Crippen LogP contribution in [0.2, 0.25) is 0 Å². The topological polar surface area (TPSA) is 86.7 Å². The maximum Gasteiger partial charge on any atom is 0.534 e. The average Bonchev–Trinajstić information content (AvgIpc) is 2.92. The minimum absolute atomic E-state index is 0.0229. The van der Waals surface area contributed by atoms with Gasteiger partial charge in [0.1, 0.15) is 5.76 Å². The highest BCUT2D eigenvalue weighted by molar-refractivity contribution is 7.87. The van der Waals surface area contributed by atoms with Gasteiger partial charge in [0.15, 0.2) is 5.78 Å². The molecule has 0 aromatic heterocycles. The first kappa shape index (κ1) is 34.5. The fourth-order valence-corrected chi connectivity index (χ4v) is 11.4. The standard InChI is InChI=1S/C35H51F3O6S/c1-9-10-19-43-28(40)31(5)16-15-30(4)17-18-33(7)22(23(30)21-31)20-24(39)27-32(6)13-12-26(44-45(41,42)35(36,37)38)29(2,3)25(32)11-14-34(27,33)8/h12,20,23,25,27H,9-11,13-19,21H2,1-8H3/t23-,25-,27+,30+,31-,32-,33+,34+/m0/s1. The molecule has 3 saturated carbocycles. The molecule has 5 aliphatic rings. The molecule has 254 valence electrons. The number of fused-ring (bicyclic) bond motifs is 7. The van der Waals surface area contributed by atoms with Crippen LogP contribution in [0.15, 0.2) is 23.5 Å². The van der Waals surface area contributed by atoms with E-state index in [1.807, 2.05) is 13.0 Å². The van der Waals surface area contributed by atoms with E-state index >= 15 is 0 Å². The Hall–Kier alpha value is -1.84. The van der Waals surface area contributed by atoms with Gasteiger partial charge in [-0.05, 0) is 110 Å². The number of hydrogen-bond donors (Lipinski definition) is 0. The fourth-order valence-electron chi connectivity index (χ4n) is 10.7. The first-order chi connectivity index (χ1) is 20.5. The Morgan fingerprint density at radius 3 is 2.27 bits per heavy atom. The lowest BCUT2D eigenvalue weighted by Gasteiger charge is -2.69. The van der Waals surface area contributed by atoms with Crippen molar-refractivity contribution in [3.05, 3.63) is 23.5 Å². The van der Waals surface area contributed by atoms with Gasteiger partial charge in [-0.15, -0.1) is 0 Å². The van der Waals surface area contributed by atoms with Crippen molar-refractivity contribution in [2.24, 2.45) is 50.2 Å². The molecule has 3 fully saturated rings. The second-order valence-electron chi connectivity index (χ2n) is 16.7. The number of hydrogen-bond acceptors (Lipinski definition) is 6. The van der Waals surface area contributed by atoms with Crippen LogP contribution in [0.5, 0.6) is 0 Å². The van der Waals surface area contributed by atoms with Crippen molar-refractivity contribution in [1.29, 1.82) is 0 Å². The smallest absolute Gasteiger partial charge is 0.465 e. The third-order valence-corrected chi connectivity index (χ3v) is 14.7. The molecule has 0 unspecified atom stereocenters. The predicted molar refractivity (Wildman–Crippen MR) is 165 cm³/mol. The molecule has 5 aliphatic carbocycles. The van der Waals surface area contributed by atoms with Crippen molar-refractivity contribution < 1.29 is 40.1 Å². The van der Waals surface area contributed by atoms with Crippen LogP contribution in [0.4, 0.5) is 13.2 Å². The molecule has 0 radical (unpaired) electrons. The minimum Gasteiger partial charge on any atom is -0.465 e. The monoisotopic (exact) mass is 656 g/mol. The normalized spacial score (nSPS) is 42.6. The van der Waals surface area contributed by atoms with Crippen molar-refractivity contribution in [2.75, 3.05) is 6.61 Å². The van der Waals surface area contributed by atoms with E-state index in [1.54, 1.807) is 13.8 Å². The molecule has 0 aromatic carbocycles. The number of halogens is 3. The summed E-state index contributed by atoms with van der Waals surface area (Å²) in [5, 5.41) is 0. The van der Waals surface area contributed by atoms with Crippen LogP contribution in [-0.2, 0) is 28.6 Å². The molecule has 10 heteroatoms. The lowest BCUT2D eigenvalue weighted by Crippen LogP contribution is -2.65. The lowest BCUT2D eigenvalue weighted by atomic mass is 9.34. The average molecular weight is 657 g/mol. The molecular weight excluding hydrogens is 605 g/mol. The molecule has 0 bridgehead atoms. The second kappa shape index (κ2) is 10.6. The predicted octanol–water partition coefficient (Wildman–Crippen LogP) is 8.67. The highest BCUT2D eigenvalue weighted by Gasteiger charge is 2.70. The van der Waals surface area contributed by atoms with Crippen LogP contribution < -0.4 is 0 Å². The molecule has 6 nitrogen and oxygen atoms in total. The maximum absolute atomic E-state index is 14.5. The van der Waals surface area contributed by atoms with Crippen molar-refractivity contribution in [1.82, 2.24) is 0 Å². The summed E-state index contributed by atoms with van der Waals surface area (Å²) in [6, 6.07) is 0.